The van der Waals surface area contributed by atoms with Gasteiger partial charge in [0.05, 0.1) is 43.9 Å². The van der Waals surface area contributed by atoms with Gasteiger partial charge in [-0.15, -0.1) is 0 Å². The van der Waals surface area contributed by atoms with Crippen LogP contribution in [-0.4, -0.2) is 97.5 Å². The fourth-order valence-electron chi connectivity index (χ4n) is 5.64. The van der Waals surface area contributed by atoms with Crippen molar-refractivity contribution in [1.82, 2.24) is 39.5 Å². The summed E-state index contributed by atoms with van der Waals surface area (Å²) in [7, 11) is 0. The number of hydrogen-bond acceptors (Lipinski definition) is 9. The highest BCUT2D eigenvalue weighted by Gasteiger charge is 2.46. The fraction of sp³-hybridized carbons (Fsp3) is 0.500. The molecular formula is C24H28F2N10O3. The number of amides is 2. The number of halogens is 2. The molecule has 206 valence electrons. The maximum atomic E-state index is 13.1. The van der Waals surface area contributed by atoms with E-state index in [1.807, 2.05) is 4.90 Å². The Kier molecular flexibility index (Phi) is 6.58. The zero-order valence-corrected chi connectivity index (χ0v) is 21.0. The lowest BCUT2D eigenvalue weighted by molar-refractivity contribution is -0.129. The third-order valence-electron chi connectivity index (χ3n) is 7.45. The predicted molar refractivity (Wildman–Crippen MR) is 136 cm³/mol. The summed E-state index contributed by atoms with van der Waals surface area (Å²) in [5.41, 5.74) is 1.13. The van der Waals surface area contributed by atoms with Gasteiger partial charge in [0.25, 0.3) is 0 Å². The number of fused-ring (bicyclic) bond motifs is 3. The van der Waals surface area contributed by atoms with Crippen molar-refractivity contribution in [2.45, 2.75) is 31.5 Å². The number of rotatable bonds is 8. The van der Waals surface area contributed by atoms with E-state index in [4.69, 9.17) is 4.74 Å². The van der Waals surface area contributed by atoms with Crippen LogP contribution in [0, 0.1) is 5.92 Å². The first-order chi connectivity index (χ1) is 18.9. The van der Waals surface area contributed by atoms with Gasteiger partial charge in [-0.1, -0.05) is 6.58 Å². The zero-order chi connectivity index (χ0) is 27.1. The summed E-state index contributed by atoms with van der Waals surface area (Å²) >= 11 is 0. The standard InChI is InChI=1S/C24H28F2N10O3/c1-2-19(38)34-11-14-7-16(17(34)8-14)30-18(37)10-27-21-20-22(32-24(31-21)33-3-5-39-6-4-33)35(13-28-20)15-9-29-36(12-15)23(25)26/h2,9,12-14,16-17,23H,1,3-8,10-11H2,(H,30,37)(H,27,31,32). The van der Waals surface area contributed by atoms with Crippen LogP contribution in [0.2, 0.25) is 0 Å². The van der Waals surface area contributed by atoms with E-state index in [-0.39, 0.29) is 30.4 Å². The maximum absolute atomic E-state index is 13.1. The molecule has 2 amide bonds. The van der Waals surface area contributed by atoms with Gasteiger partial charge in [-0.25, -0.2) is 9.67 Å². The first-order valence-corrected chi connectivity index (χ1v) is 12.8. The van der Waals surface area contributed by atoms with E-state index in [1.165, 1.54) is 24.8 Å². The number of piperidine rings is 1. The molecule has 3 aliphatic rings. The quantitative estimate of drug-likeness (QED) is 0.399. The molecule has 5 heterocycles. The fourth-order valence-corrected chi connectivity index (χ4v) is 5.64. The minimum absolute atomic E-state index is 0.0343. The molecule has 1 saturated carbocycles. The van der Waals surface area contributed by atoms with Gasteiger partial charge < -0.3 is 25.2 Å². The number of likely N-dealkylation sites (tertiary alicyclic amines) is 1. The number of nitrogens with one attached hydrogen (secondary N) is 2. The summed E-state index contributed by atoms with van der Waals surface area (Å²) in [4.78, 5) is 42.6. The summed E-state index contributed by atoms with van der Waals surface area (Å²) in [6.07, 6.45) is 6.98. The SMILES string of the molecule is C=CC(=O)N1CC2CC(NC(=O)CNc3nc(N4CCOCC4)nc4c3ncn4-c3cnn(C(F)F)c3)C1C2. The molecule has 0 aromatic carbocycles. The number of carbonyl (C=O) groups is 2. The van der Waals surface area contributed by atoms with E-state index >= 15 is 0 Å². The van der Waals surface area contributed by atoms with Crippen LogP contribution in [-0.2, 0) is 14.3 Å². The normalized spacial score (nSPS) is 22.6. The molecule has 2 saturated heterocycles. The topological polar surface area (TPSA) is 135 Å². The zero-order valence-electron chi connectivity index (χ0n) is 21.0. The Labute approximate surface area is 221 Å². The third kappa shape index (κ3) is 4.77. The van der Waals surface area contributed by atoms with Crippen LogP contribution in [0.5, 0.6) is 0 Å². The minimum Gasteiger partial charge on any atom is -0.378 e. The van der Waals surface area contributed by atoms with E-state index in [2.05, 4.69) is 37.3 Å². The molecular weight excluding hydrogens is 514 g/mol. The lowest BCUT2D eigenvalue weighted by Crippen LogP contribution is -2.52. The second kappa shape index (κ2) is 10.2. The Morgan fingerprint density at radius 2 is 2.05 bits per heavy atom. The van der Waals surface area contributed by atoms with Gasteiger partial charge >= 0.3 is 6.55 Å². The van der Waals surface area contributed by atoms with Crippen molar-refractivity contribution in [2.24, 2.45) is 5.92 Å². The first-order valence-electron chi connectivity index (χ1n) is 12.8. The number of nitrogens with zero attached hydrogens (tertiary/aromatic N) is 8. The summed E-state index contributed by atoms with van der Waals surface area (Å²) in [5.74, 6) is 0.758. The maximum Gasteiger partial charge on any atom is 0.333 e. The van der Waals surface area contributed by atoms with Gasteiger partial charge in [0.15, 0.2) is 17.0 Å². The summed E-state index contributed by atoms with van der Waals surface area (Å²) in [6, 6.07) is -0.158. The monoisotopic (exact) mass is 542 g/mol. The highest BCUT2D eigenvalue weighted by Crippen LogP contribution is 2.38. The molecule has 3 atom stereocenters. The van der Waals surface area contributed by atoms with Crippen molar-refractivity contribution in [3.05, 3.63) is 31.4 Å². The van der Waals surface area contributed by atoms with Gasteiger partial charge in [0.1, 0.15) is 6.33 Å². The van der Waals surface area contributed by atoms with Gasteiger partial charge in [-0.2, -0.15) is 23.8 Å². The third-order valence-corrected chi connectivity index (χ3v) is 7.45. The van der Waals surface area contributed by atoms with E-state index in [1.54, 1.807) is 9.47 Å². The van der Waals surface area contributed by atoms with Gasteiger partial charge in [-0.05, 0) is 24.8 Å². The van der Waals surface area contributed by atoms with Crippen LogP contribution in [0.15, 0.2) is 31.4 Å². The average molecular weight is 543 g/mol. The van der Waals surface area contributed by atoms with Crippen molar-refractivity contribution in [2.75, 3.05) is 49.6 Å². The summed E-state index contributed by atoms with van der Waals surface area (Å²) < 4.78 is 33.8. The van der Waals surface area contributed by atoms with Gasteiger partial charge in [-0.3, -0.25) is 14.2 Å². The predicted octanol–water partition coefficient (Wildman–Crippen LogP) is 0.947. The number of aromatic nitrogens is 6. The molecule has 2 N–H and O–H groups in total. The van der Waals surface area contributed by atoms with Crippen molar-refractivity contribution in [3.8, 4) is 5.69 Å². The lowest BCUT2D eigenvalue weighted by Gasteiger charge is -2.33. The molecule has 0 spiro atoms. The van der Waals surface area contributed by atoms with Gasteiger partial charge in [0, 0.05) is 25.7 Å². The molecule has 2 aliphatic heterocycles. The van der Waals surface area contributed by atoms with Crippen molar-refractivity contribution < 1.29 is 23.1 Å². The Morgan fingerprint density at radius 1 is 1.23 bits per heavy atom. The Morgan fingerprint density at radius 3 is 2.77 bits per heavy atom. The number of morpholine rings is 1. The number of alkyl halides is 2. The van der Waals surface area contributed by atoms with E-state index in [0.29, 0.717) is 72.1 Å². The number of ether oxygens (including phenoxy) is 1. The number of anilines is 2. The summed E-state index contributed by atoms with van der Waals surface area (Å²) in [6.45, 7) is 3.60. The molecule has 0 radical (unpaired) electrons. The van der Waals surface area contributed by atoms with Crippen LogP contribution in [0.4, 0.5) is 20.5 Å². The lowest BCUT2D eigenvalue weighted by atomic mass is 10.1. The molecule has 3 aromatic rings. The Hall–Kier alpha value is -4.14. The highest BCUT2D eigenvalue weighted by molar-refractivity contribution is 5.89. The molecule has 13 nitrogen and oxygen atoms in total. The minimum atomic E-state index is -2.78. The Balaban J connectivity index is 1.23. The molecule has 1 aliphatic carbocycles. The highest BCUT2D eigenvalue weighted by atomic mass is 19.3. The first kappa shape index (κ1) is 25.2. The average Bonchev–Trinajstić information content (AvgIpc) is 3.74. The molecule has 3 aromatic heterocycles. The molecule has 3 fully saturated rings. The van der Waals surface area contributed by atoms with E-state index in [0.717, 1.165) is 12.8 Å². The second-order valence-corrected chi connectivity index (χ2v) is 9.84. The van der Waals surface area contributed by atoms with Crippen molar-refractivity contribution >= 4 is 34.7 Å². The Bertz CT molecular complexity index is 1400. The van der Waals surface area contributed by atoms with E-state index in [9.17, 15) is 18.4 Å². The van der Waals surface area contributed by atoms with Crippen LogP contribution in [0.3, 0.4) is 0 Å². The molecule has 6 rings (SSSR count). The van der Waals surface area contributed by atoms with Crippen molar-refractivity contribution in [1.29, 1.82) is 0 Å². The van der Waals surface area contributed by atoms with Crippen LogP contribution >= 0.6 is 0 Å². The van der Waals surface area contributed by atoms with E-state index < -0.39 is 6.55 Å². The number of carbonyl (C=O) groups excluding carboxylic acids is 2. The van der Waals surface area contributed by atoms with Crippen LogP contribution < -0.4 is 15.5 Å². The molecule has 2 bridgehead atoms. The molecule has 15 heteroatoms. The van der Waals surface area contributed by atoms with Crippen molar-refractivity contribution in [3.63, 3.8) is 0 Å². The van der Waals surface area contributed by atoms with Gasteiger partial charge in [0.2, 0.25) is 17.8 Å². The number of hydrogen-bond donors (Lipinski definition) is 2. The van der Waals surface area contributed by atoms with Crippen LogP contribution in [0.1, 0.15) is 19.4 Å². The number of imidazole rings is 1. The van der Waals surface area contributed by atoms with Crippen LogP contribution in [0.25, 0.3) is 16.9 Å². The molecule has 39 heavy (non-hydrogen) atoms. The second-order valence-electron chi connectivity index (χ2n) is 9.84. The smallest absolute Gasteiger partial charge is 0.333 e. The molecule has 3 unspecified atom stereocenters. The summed E-state index contributed by atoms with van der Waals surface area (Å²) in [5, 5.41) is 9.84. The largest absolute Gasteiger partial charge is 0.378 e.